The molecule has 0 unspecified atom stereocenters. The summed E-state index contributed by atoms with van der Waals surface area (Å²) in [6, 6.07) is 13.2. The van der Waals surface area contributed by atoms with Gasteiger partial charge in [-0.1, -0.05) is 35.9 Å². The van der Waals surface area contributed by atoms with Crippen molar-refractivity contribution in [1.82, 2.24) is 0 Å². The number of carbonyl (C=O) groups excluding carboxylic acids is 1. The van der Waals surface area contributed by atoms with Crippen LogP contribution in [0.4, 0.5) is 5.69 Å². The number of isocyanates is 1. The van der Waals surface area contributed by atoms with E-state index in [2.05, 4.69) is 4.99 Å². The lowest BCUT2D eigenvalue weighted by atomic mass is 9.96. The van der Waals surface area contributed by atoms with Crippen LogP contribution in [-0.2, 0) is 4.79 Å². The smallest absolute Gasteiger partial charge is 0.363 e. The lowest BCUT2D eigenvalue weighted by Gasteiger charge is -2.11. The van der Waals surface area contributed by atoms with Gasteiger partial charge in [-0.05, 0) is 37.1 Å². The first-order valence-electron chi connectivity index (χ1n) is 6.83. The maximum Gasteiger partial charge on any atom is 0.363 e. The van der Waals surface area contributed by atoms with Crippen molar-refractivity contribution in [2.75, 3.05) is 0 Å². The van der Waals surface area contributed by atoms with E-state index in [1.54, 1.807) is 6.07 Å². The van der Waals surface area contributed by atoms with Gasteiger partial charge in [0.15, 0.2) is 5.69 Å². The highest BCUT2D eigenvalue weighted by molar-refractivity contribution is 6.00. The summed E-state index contributed by atoms with van der Waals surface area (Å²) >= 11 is 0. The topological polar surface area (TPSA) is 59.6 Å². The van der Waals surface area contributed by atoms with Gasteiger partial charge in [0, 0.05) is 10.9 Å². The van der Waals surface area contributed by atoms with Crippen LogP contribution < -0.4 is 5.63 Å². The normalized spacial score (nSPS) is 10.5. The summed E-state index contributed by atoms with van der Waals surface area (Å²) < 4.78 is 5.27. The van der Waals surface area contributed by atoms with Crippen molar-refractivity contribution in [2.45, 2.75) is 13.8 Å². The van der Waals surface area contributed by atoms with Crippen LogP contribution in [0.1, 0.15) is 11.1 Å². The molecule has 3 rings (SSSR count). The highest BCUT2D eigenvalue weighted by Crippen LogP contribution is 2.36. The molecule has 0 radical (unpaired) electrons. The highest BCUT2D eigenvalue weighted by Gasteiger charge is 2.17. The van der Waals surface area contributed by atoms with Gasteiger partial charge in [0.05, 0.1) is 0 Å². The van der Waals surface area contributed by atoms with Crippen LogP contribution in [0.3, 0.4) is 0 Å². The lowest BCUT2D eigenvalue weighted by molar-refractivity contribution is 0.557. The zero-order chi connectivity index (χ0) is 15.7. The second kappa shape index (κ2) is 5.43. The Morgan fingerprint density at radius 1 is 1.09 bits per heavy atom. The van der Waals surface area contributed by atoms with Crippen LogP contribution in [0.2, 0.25) is 0 Å². The summed E-state index contributed by atoms with van der Waals surface area (Å²) in [6.07, 6.45) is 1.45. The number of hydrogen-bond acceptors (Lipinski definition) is 4. The number of rotatable bonds is 2. The molecule has 0 N–H and O–H groups in total. The van der Waals surface area contributed by atoms with Crippen LogP contribution in [-0.4, -0.2) is 6.08 Å². The quantitative estimate of drug-likeness (QED) is 0.406. The second-order valence-electron chi connectivity index (χ2n) is 5.13. The van der Waals surface area contributed by atoms with E-state index >= 15 is 0 Å². The van der Waals surface area contributed by atoms with E-state index in [-0.39, 0.29) is 5.69 Å². The predicted molar refractivity (Wildman–Crippen MR) is 85.2 cm³/mol. The number of aryl methyl sites for hydroxylation is 2. The zero-order valence-electron chi connectivity index (χ0n) is 12.2. The summed E-state index contributed by atoms with van der Waals surface area (Å²) in [5.41, 5.74) is 3.28. The monoisotopic (exact) mass is 291 g/mol. The molecule has 0 fully saturated rings. The highest BCUT2D eigenvalue weighted by atomic mass is 16.4. The van der Waals surface area contributed by atoms with E-state index in [0.29, 0.717) is 11.1 Å². The first-order valence-corrected chi connectivity index (χ1v) is 6.83. The maximum absolute atomic E-state index is 12.2. The fourth-order valence-electron chi connectivity index (χ4n) is 2.58. The molecule has 1 heterocycles. The molecule has 4 nitrogen and oxygen atoms in total. The molecule has 0 aliphatic heterocycles. The van der Waals surface area contributed by atoms with E-state index in [9.17, 15) is 9.59 Å². The molecular weight excluding hydrogens is 278 g/mol. The van der Waals surface area contributed by atoms with Crippen LogP contribution >= 0.6 is 0 Å². The van der Waals surface area contributed by atoms with E-state index < -0.39 is 5.63 Å². The fraction of sp³-hybridized carbons (Fsp3) is 0.111. The number of aliphatic imine (C=N–C) groups is 1. The van der Waals surface area contributed by atoms with E-state index in [4.69, 9.17) is 4.42 Å². The Kier molecular flexibility index (Phi) is 3.45. The SMILES string of the molecule is Cc1ccc2oc(=O)c(N=C=O)c(-c3ccccc3C)c2c1. The summed E-state index contributed by atoms with van der Waals surface area (Å²) in [6.45, 7) is 3.90. The van der Waals surface area contributed by atoms with Gasteiger partial charge in [-0.15, -0.1) is 0 Å². The minimum Gasteiger partial charge on any atom is -0.421 e. The Morgan fingerprint density at radius 2 is 1.86 bits per heavy atom. The lowest BCUT2D eigenvalue weighted by Crippen LogP contribution is -2.02. The molecule has 0 atom stereocenters. The van der Waals surface area contributed by atoms with Crippen molar-refractivity contribution >= 4 is 22.7 Å². The van der Waals surface area contributed by atoms with Gasteiger partial charge >= 0.3 is 5.63 Å². The van der Waals surface area contributed by atoms with Gasteiger partial charge in [-0.25, -0.2) is 9.59 Å². The molecule has 3 aromatic rings. The number of nitrogens with zero attached hydrogens (tertiary/aromatic N) is 1. The third kappa shape index (κ3) is 2.26. The van der Waals surface area contributed by atoms with Crippen LogP contribution in [0.25, 0.3) is 22.1 Å². The van der Waals surface area contributed by atoms with Gasteiger partial charge in [0.25, 0.3) is 0 Å². The molecule has 4 heteroatoms. The molecule has 0 aliphatic rings. The zero-order valence-corrected chi connectivity index (χ0v) is 12.2. The molecule has 0 saturated heterocycles. The third-order valence-corrected chi connectivity index (χ3v) is 3.61. The summed E-state index contributed by atoms with van der Waals surface area (Å²) in [5.74, 6) is 0. The molecular formula is C18H13NO3. The van der Waals surface area contributed by atoms with Crippen LogP contribution in [0, 0.1) is 13.8 Å². The van der Waals surface area contributed by atoms with Crippen LogP contribution in [0.5, 0.6) is 0 Å². The minimum atomic E-state index is -0.641. The molecule has 1 aromatic heterocycles. The number of benzene rings is 2. The minimum absolute atomic E-state index is 0.0117. The Hall–Kier alpha value is -2.97. The fourth-order valence-corrected chi connectivity index (χ4v) is 2.58. The van der Waals surface area contributed by atoms with Gasteiger partial charge in [0.2, 0.25) is 6.08 Å². The summed E-state index contributed by atoms with van der Waals surface area (Å²) in [7, 11) is 0. The number of hydrogen-bond donors (Lipinski definition) is 0. The largest absolute Gasteiger partial charge is 0.421 e. The molecule has 0 saturated carbocycles. The van der Waals surface area contributed by atoms with E-state index in [1.165, 1.54) is 6.08 Å². The van der Waals surface area contributed by atoms with Crippen molar-refractivity contribution in [2.24, 2.45) is 4.99 Å². The first kappa shape index (κ1) is 14.0. The summed E-state index contributed by atoms with van der Waals surface area (Å²) in [4.78, 5) is 26.5. The molecule has 0 bridgehead atoms. The van der Waals surface area contributed by atoms with E-state index in [0.717, 1.165) is 22.1 Å². The van der Waals surface area contributed by atoms with E-state index in [1.807, 2.05) is 50.2 Å². The molecule has 22 heavy (non-hydrogen) atoms. The Balaban J connectivity index is 2.56. The molecule has 0 spiro atoms. The standard InChI is InChI=1S/C18H13NO3/c1-11-7-8-15-14(9-11)16(13-6-4-3-5-12(13)2)17(19-10-20)18(21)22-15/h3-9H,1-2H3. The Bertz CT molecular complexity index is 979. The number of fused-ring (bicyclic) bond motifs is 1. The first-order chi connectivity index (χ1) is 10.6. The summed E-state index contributed by atoms with van der Waals surface area (Å²) in [5, 5.41) is 0.753. The predicted octanol–water partition coefficient (Wildman–Crippen LogP) is 4.04. The van der Waals surface area contributed by atoms with Crippen molar-refractivity contribution in [1.29, 1.82) is 0 Å². The van der Waals surface area contributed by atoms with Gasteiger partial charge < -0.3 is 4.42 Å². The molecule has 2 aromatic carbocycles. The van der Waals surface area contributed by atoms with Crippen molar-refractivity contribution in [3.63, 3.8) is 0 Å². The van der Waals surface area contributed by atoms with Gasteiger partial charge in [-0.2, -0.15) is 4.99 Å². The van der Waals surface area contributed by atoms with Crippen LogP contribution in [0.15, 0.2) is 56.7 Å². The van der Waals surface area contributed by atoms with Crippen molar-refractivity contribution in [3.8, 4) is 11.1 Å². The second-order valence-corrected chi connectivity index (χ2v) is 5.13. The van der Waals surface area contributed by atoms with Gasteiger partial charge in [-0.3, -0.25) is 0 Å². The third-order valence-electron chi connectivity index (χ3n) is 3.61. The average Bonchev–Trinajstić information content (AvgIpc) is 2.50. The van der Waals surface area contributed by atoms with Gasteiger partial charge in [0.1, 0.15) is 5.58 Å². The average molecular weight is 291 g/mol. The maximum atomic E-state index is 12.2. The molecule has 0 aliphatic carbocycles. The Morgan fingerprint density at radius 3 is 2.59 bits per heavy atom. The Labute approximate surface area is 126 Å². The van der Waals surface area contributed by atoms with Crippen molar-refractivity contribution in [3.05, 3.63) is 64.0 Å². The van der Waals surface area contributed by atoms with Crippen molar-refractivity contribution < 1.29 is 9.21 Å². The molecule has 108 valence electrons. The molecule has 0 amide bonds.